The zero-order valence-corrected chi connectivity index (χ0v) is 20.3. The van der Waals surface area contributed by atoms with Crippen LogP contribution in [0.25, 0.3) is 0 Å². The number of carbonyl (C=O) groups excluding carboxylic acids is 1. The number of benzene rings is 3. The molecular weight excluding hydrogens is 460 g/mol. The second-order valence-electron chi connectivity index (χ2n) is 7.63. The first-order chi connectivity index (χ1) is 15.7. The Hall–Kier alpha value is -2.87. The smallest absolute Gasteiger partial charge is 0.242 e. The van der Waals surface area contributed by atoms with Crippen LogP contribution < -0.4 is 14.8 Å². The van der Waals surface area contributed by atoms with Gasteiger partial charge in [-0.25, -0.2) is 8.42 Å². The molecule has 0 bridgehead atoms. The van der Waals surface area contributed by atoms with Gasteiger partial charge in [-0.1, -0.05) is 54.1 Å². The van der Waals surface area contributed by atoms with Crippen molar-refractivity contribution in [3.63, 3.8) is 0 Å². The molecule has 0 fully saturated rings. The first-order valence-electron chi connectivity index (χ1n) is 10.6. The van der Waals surface area contributed by atoms with E-state index in [1.807, 2.05) is 63.2 Å². The van der Waals surface area contributed by atoms with Crippen LogP contribution in [0.3, 0.4) is 0 Å². The summed E-state index contributed by atoms with van der Waals surface area (Å²) in [6.45, 7) is 6.07. The molecule has 6 nitrogen and oxygen atoms in total. The maximum atomic E-state index is 13.2. The third-order valence-corrected chi connectivity index (χ3v) is 7.04. The SMILES string of the molecule is CCOc1ccc(S(=O)(=O)NC(Cc2ccccc2)C(=O)Nc2cccc(C)c2C)cc1Cl. The molecule has 174 valence electrons. The zero-order valence-electron chi connectivity index (χ0n) is 18.8. The van der Waals surface area contributed by atoms with Gasteiger partial charge in [0.1, 0.15) is 11.8 Å². The molecular formula is C25H27ClN2O4S. The lowest BCUT2D eigenvalue weighted by Crippen LogP contribution is -2.45. The number of amides is 1. The van der Waals surface area contributed by atoms with E-state index >= 15 is 0 Å². The number of hydrogen-bond acceptors (Lipinski definition) is 4. The average Bonchev–Trinajstić information content (AvgIpc) is 2.78. The average molecular weight is 487 g/mol. The minimum Gasteiger partial charge on any atom is -0.492 e. The Morgan fingerprint density at radius 3 is 2.42 bits per heavy atom. The molecule has 1 amide bonds. The standard InChI is InChI=1S/C25H27ClN2O4S/c1-4-32-24-14-13-20(16-21(24)26)33(30,31)28-23(15-19-10-6-5-7-11-19)25(29)27-22-12-8-9-17(2)18(22)3/h5-14,16,23,28H,4,15H2,1-3H3,(H,27,29). The van der Waals surface area contributed by atoms with Crippen LogP contribution in [-0.4, -0.2) is 27.0 Å². The number of nitrogens with one attached hydrogen (secondary N) is 2. The predicted molar refractivity (Wildman–Crippen MR) is 131 cm³/mol. The summed E-state index contributed by atoms with van der Waals surface area (Å²) in [5.41, 5.74) is 3.41. The van der Waals surface area contributed by atoms with E-state index in [0.29, 0.717) is 18.0 Å². The number of hydrogen-bond donors (Lipinski definition) is 2. The van der Waals surface area contributed by atoms with Crippen molar-refractivity contribution < 1.29 is 17.9 Å². The van der Waals surface area contributed by atoms with Crippen LogP contribution in [0, 0.1) is 13.8 Å². The predicted octanol–water partition coefficient (Wildman–Crippen LogP) is 4.88. The van der Waals surface area contributed by atoms with Gasteiger partial charge in [-0.15, -0.1) is 0 Å². The molecule has 3 aromatic carbocycles. The quantitative estimate of drug-likeness (QED) is 0.451. The summed E-state index contributed by atoms with van der Waals surface area (Å²) >= 11 is 6.19. The van der Waals surface area contributed by atoms with Crippen LogP contribution in [0.2, 0.25) is 5.02 Å². The highest BCUT2D eigenvalue weighted by Gasteiger charge is 2.27. The highest BCUT2D eigenvalue weighted by Crippen LogP contribution is 2.27. The lowest BCUT2D eigenvalue weighted by atomic mass is 10.0. The van der Waals surface area contributed by atoms with Gasteiger partial charge >= 0.3 is 0 Å². The lowest BCUT2D eigenvalue weighted by molar-refractivity contribution is -0.117. The summed E-state index contributed by atoms with van der Waals surface area (Å²) in [7, 11) is -4.04. The fourth-order valence-corrected chi connectivity index (χ4v) is 4.84. The van der Waals surface area contributed by atoms with E-state index in [1.54, 1.807) is 6.07 Å². The first-order valence-corrected chi connectivity index (χ1v) is 12.4. The van der Waals surface area contributed by atoms with Gasteiger partial charge in [0, 0.05) is 5.69 Å². The Morgan fingerprint density at radius 2 is 1.76 bits per heavy atom. The highest BCUT2D eigenvalue weighted by molar-refractivity contribution is 7.89. The topological polar surface area (TPSA) is 84.5 Å². The number of carbonyl (C=O) groups is 1. The molecule has 8 heteroatoms. The Labute approximate surface area is 200 Å². The normalized spacial score (nSPS) is 12.2. The number of ether oxygens (including phenoxy) is 1. The molecule has 0 saturated carbocycles. The van der Waals surface area contributed by atoms with E-state index in [0.717, 1.165) is 16.7 Å². The van der Waals surface area contributed by atoms with Crippen molar-refractivity contribution in [3.8, 4) is 5.75 Å². The molecule has 1 atom stereocenters. The van der Waals surface area contributed by atoms with Crippen LogP contribution in [0.5, 0.6) is 5.75 Å². The van der Waals surface area contributed by atoms with E-state index < -0.39 is 22.0 Å². The van der Waals surface area contributed by atoms with Gasteiger partial charge in [0.2, 0.25) is 15.9 Å². The van der Waals surface area contributed by atoms with E-state index in [1.165, 1.54) is 18.2 Å². The molecule has 0 heterocycles. The largest absolute Gasteiger partial charge is 0.492 e. The molecule has 0 radical (unpaired) electrons. The molecule has 0 aliphatic heterocycles. The van der Waals surface area contributed by atoms with Crippen molar-refractivity contribution in [2.75, 3.05) is 11.9 Å². The molecule has 3 aromatic rings. The van der Waals surface area contributed by atoms with Gasteiger partial charge in [0.15, 0.2) is 0 Å². The van der Waals surface area contributed by atoms with Gasteiger partial charge in [0.05, 0.1) is 16.5 Å². The van der Waals surface area contributed by atoms with Gasteiger partial charge < -0.3 is 10.1 Å². The molecule has 33 heavy (non-hydrogen) atoms. The maximum absolute atomic E-state index is 13.2. The minimum absolute atomic E-state index is 0.0476. The number of rotatable bonds is 9. The minimum atomic E-state index is -4.04. The van der Waals surface area contributed by atoms with Gasteiger partial charge in [-0.05, 0) is 68.1 Å². The van der Waals surface area contributed by atoms with Gasteiger partial charge in [-0.3, -0.25) is 4.79 Å². The fraction of sp³-hybridized carbons (Fsp3) is 0.240. The first kappa shape index (κ1) is 24.8. The lowest BCUT2D eigenvalue weighted by Gasteiger charge is -2.20. The summed E-state index contributed by atoms with van der Waals surface area (Å²) in [5, 5.41) is 3.05. The highest BCUT2D eigenvalue weighted by atomic mass is 35.5. The van der Waals surface area contributed by atoms with E-state index in [9.17, 15) is 13.2 Å². The number of halogens is 1. The molecule has 0 aliphatic rings. The summed E-state index contributed by atoms with van der Waals surface area (Å²) in [6, 6.07) is 18.0. The van der Waals surface area contributed by atoms with Crippen molar-refractivity contribution in [3.05, 3.63) is 88.4 Å². The molecule has 1 unspecified atom stereocenters. The fourth-order valence-electron chi connectivity index (χ4n) is 3.32. The van der Waals surface area contributed by atoms with Crippen molar-refractivity contribution in [1.29, 1.82) is 0 Å². The summed E-state index contributed by atoms with van der Waals surface area (Å²) < 4.78 is 34.2. The third-order valence-electron chi connectivity index (χ3n) is 5.27. The van der Waals surface area contributed by atoms with Crippen LogP contribution >= 0.6 is 11.6 Å². The van der Waals surface area contributed by atoms with Crippen molar-refractivity contribution >= 4 is 33.2 Å². The van der Waals surface area contributed by atoms with E-state index in [2.05, 4.69) is 10.0 Å². The van der Waals surface area contributed by atoms with Crippen LogP contribution in [0.1, 0.15) is 23.6 Å². The van der Waals surface area contributed by atoms with Crippen molar-refractivity contribution in [2.24, 2.45) is 0 Å². The van der Waals surface area contributed by atoms with E-state index in [4.69, 9.17) is 16.3 Å². The second-order valence-corrected chi connectivity index (χ2v) is 9.75. The number of aryl methyl sites for hydroxylation is 1. The van der Waals surface area contributed by atoms with Crippen LogP contribution in [-0.2, 0) is 21.2 Å². The number of anilines is 1. The van der Waals surface area contributed by atoms with Crippen molar-refractivity contribution in [1.82, 2.24) is 4.72 Å². The Kier molecular flexibility index (Phi) is 8.13. The Morgan fingerprint density at radius 1 is 1.03 bits per heavy atom. The summed E-state index contributed by atoms with van der Waals surface area (Å²) in [6.07, 6.45) is 0.182. The molecule has 2 N–H and O–H groups in total. The monoisotopic (exact) mass is 486 g/mol. The summed E-state index contributed by atoms with van der Waals surface area (Å²) in [4.78, 5) is 13.2. The van der Waals surface area contributed by atoms with Crippen LogP contribution in [0.4, 0.5) is 5.69 Å². The molecule has 0 aliphatic carbocycles. The Balaban J connectivity index is 1.89. The molecule has 3 rings (SSSR count). The van der Waals surface area contributed by atoms with Gasteiger partial charge in [-0.2, -0.15) is 4.72 Å². The molecule has 0 spiro atoms. The maximum Gasteiger partial charge on any atom is 0.242 e. The Bertz CT molecular complexity index is 1230. The summed E-state index contributed by atoms with van der Waals surface area (Å²) in [5.74, 6) is -0.0558. The third kappa shape index (κ3) is 6.35. The zero-order chi connectivity index (χ0) is 24.0. The molecule has 0 saturated heterocycles. The van der Waals surface area contributed by atoms with Crippen LogP contribution in [0.15, 0.2) is 71.6 Å². The molecule has 0 aromatic heterocycles. The number of sulfonamides is 1. The second kappa shape index (κ2) is 10.8. The van der Waals surface area contributed by atoms with Gasteiger partial charge in [0.25, 0.3) is 0 Å². The van der Waals surface area contributed by atoms with Crippen molar-refractivity contribution in [2.45, 2.75) is 38.1 Å². The van der Waals surface area contributed by atoms with E-state index in [-0.39, 0.29) is 16.3 Å².